The van der Waals surface area contributed by atoms with Crippen molar-refractivity contribution in [3.8, 4) is 5.75 Å². The molecule has 11 heteroatoms. The number of aliphatic hydroxyl groups excluding tert-OH is 2. The molecule has 214 valence electrons. The number of Topliss-reactive ketones (excluding diaryl/α,β-unsaturated/α-hetero) is 2. The maximum Gasteiger partial charge on any atom is 0.255 e. The summed E-state index contributed by atoms with van der Waals surface area (Å²) in [6.45, 7) is 2.17. The number of anilines is 1. The van der Waals surface area contributed by atoms with Crippen LogP contribution in [-0.2, 0) is 22.6 Å². The number of primary amides is 1. The second-order valence-electron chi connectivity index (χ2n) is 12.6. The van der Waals surface area contributed by atoms with Gasteiger partial charge in [-0.15, -0.1) is 0 Å². The van der Waals surface area contributed by atoms with Crippen molar-refractivity contribution in [2.24, 2.45) is 41.1 Å². The van der Waals surface area contributed by atoms with E-state index in [9.17, 15) is 29.7 Å². The first-order valence-electron chi connectivity index (χ1n) is 13.8. The van der Waals surface area contributed by atoms with Crippen LogP contribution < -0.4 is 16.4 Å². The molecule has 40 heavy (non-hydrogen) atoms. The van der Waals surface area contributed by atoms with E-state index in [1.165, 1.54) is 0 Å². The number of carbonyl (C=O) groups excluding carboxylic acids is 3. The third-order valence-electron chi connectivity index (χ3n) is 9.83. The van der Waals surface area contributed by atoms with Crippen LogP contribution in [0, 0.1) is 29.6 Å². The fourth-order valence-electron chi connectivity index (χ4n) is 7.92. The lowest BCUT2D eigenvalue weighted by Gasteiger charge is -2.46. The van der Waals surface area contributed by atoms with E-state index in [2.05, 4.69) is 4.90 Å². The van der Waals surface area contributed by atoms with Gasteiger partial charge in [-0.1, -0.05) is 0 Å². The number of ketones is 2. The van der Waals surface area contributed by atoms with Gasteiger partial charge in [-0.25, -0.2) is 0 Å². The summed E-state index contributed by atoms with van der Waals surface area (Å²) in [5.41, 5.74) is 13.4. The molecule has 3 unspecified atom stereocenters. The molecule has 1 aliphatic heterocycles. The zero-order chi connectivity index (χ0) is 28.9. The fourth-order valence-corrected chi connectivity index (χ4v) is 7.92. The molecule has 2 fully saturated rings. The summed E-state index contributed by atoms with van der Waals surface area (Å²) >= 11 is 0. The molecule has 0 radical (unpaired) electrons. The lowest BCUT2D eigenvalue weighted by molar-refractivity contribution is -0.127. The number of phenolic OH excluding ortho intramolecular Hbond substituents is 1. The third-order valence-corrected chi connectivity index (χ3v) is 9.83. The smallest absolute Gasteiger partial charge is 0.255 e. The first-order valence-corrected chi connectivity index (χ1v) is 13.8. The van der Waals surface area contributed by atoms with Gasteiger partial charge in [0.15, 0.2) is 11.6 Å². The Morgan fingerprint density at radius 2 is 1.70 bits per heavy atom. The minimum absolute atomic E-state index is 0.0929. The Bertz CT molecular complexity index is 1400. The average Bonchev–Trinajstić information content (AvgIpc) is 3.24. The number of aromatic hydroxyl groups is 1. The number of aliphatic hydroxyl groups is 2. The van der Waals surface area contributed by atoms with Crippen LogP contribution >= 0.6 is 0 Å². The predicted octanol–water partition coefficient (Wildman–Crippen LogP) is 0.461. The Kier molecular flexibility index (Phi) is 6.06. The first-order chi connectivity index (χ1) is 18.8. The van der Waals surface area contributed by atoms with Crippen LogP contribution in [0.2, 0.25) is 0 Å². The Morgan fingerprint density at radius 1 is 1.05 bits per heavy atom. The number of allylic oxidation sites excluding steroid dienone is 2. The molecule has 1 amide bonds. The van der Waals surface area contributed by atoms with Gasteiger partial charge in [0.05, 0.1) is 17.5 Å². The number of likely N-dealkylation sites (tertiary alicyclic amines) is 1. The van der Waals surface area contributed by atoms with E-state index in [4.69, 9.17) is 11.5 Å². The lowest BCUT2D eigenvalue weighted by Crippen LogP contribution is -2.53. The molecular weight excluding hydrogens is 514 g/mol. The molecule has 4 aliphatic carbocycles. The number of rotatable bonds is 5. The van der Waals surface area contributed by atoms with Gasteiger partial charge < -0.3 is 31.7 Å². The maximum absolute atomic E-state index is 14.1. The van der Waals surface area contributed by atoms with Crippen molar-refractivity contribution in [2.75, 3.05) is 46.2 Å². The van der Waals surface area contributed by atoms with E-state index in [-0.39, 0.29) is 22.9 Å². The van der Waals surface area contributed by atoms with Gasteiger partial charge in [0.2, 0.25) is 0 Å². The number of phenols is 1. The summed E-state index contributed by atoms with van der Waals surface area (Å²) in [5, 5.41) is 33.9. The molecule has 1 aromatic carbocycles. The topological polar surface area (TPSA) is 174 Å². The average molecular weight is 552 g/mol. The Morgan fingerprint density at radius 3 is 2.27 bits per heavy atom. The van der Waals surface area contributed by atoms with Gasteiger partial charge in [-0.2, -0.15) is 0 Å². The highest BCUT2D eigenvalue weighted by Gasteiger charge is 2.55. The normalized spacial score (nSPS) is 33.1. The van der Waals surface area contributed by atoms with Crippen LogP contribution in [0.3, 0.4) is 0 Å². The van der Waals surface area contributed by atoms with Crippen molar-refractivity contribution in [2.45, 2.75) is 31.5 Å². The molecule has 6 rings (SSSR count). The van der Waals surface area contributed by atoms with Crippen molar-refractivity contribution in [3.05, 3.63) is 45.4 Å². The van der Waals surface area contributed by atoms with Gasteiger partial charge >= 0.3 is 0 Å². The highest BCUT2D eigenvalue weighted by molar-refractivity contribution is 6.22. The highest BCUT2D eigenvalue weighted by Crippen LogP contribution is 2.52. The summed E-state index contributed by atoms with van der Waals surface area (Å²) in [7, 11) is 7.21. The van der Waals surface area contributed by atoms with Gasteiger partial charge in [0.25, 0.3) is 5.91 Å². The Hall–Kier alpha value is -3.41. The highest BCUT2D eigenvalue weighted by atomic mass is 16.3. The van der Waals surface area contributed by atoms with Crippen LogP contribution in [0.4, 0.5) is 5.69 Å². The molecular formula is C29H37N5O6. The standard InChI is InChI=1S/C29H37N5O6/c1-32(2)17-7-12(8-34-9-15-16(10-34)22(15)30)24(35)19-13(17)5-11-6-14-20(26(37)18(11)25(19)36)27(38)21(29(31)40)28(39)23(14)33(3)4/h7,11,14-16,20,22-23,35,37,39H,5-6,8-10,30H2,1-4H3,(H2,31,40)/t11-,14+,15?,16?,20?,22?,23-/m0/s1. The number of nitrogens with zero attached hydrogens (tertiary/aromatic N) is 3. The predicted molar refractivity (Wildman–Crippen MR) is 147 cm³/mol. The second kappa shape index (κ2) is 9.05. The van der Waals surface area contributed by atoms with Crippen molar-refractivity contribution in [1.82, 2.24) is 9.80 Å². The van der Waals surface area contributed by atoms with E-state index in [1.54, 1.807) is 19.0 Å². The zero-order valence-electron chi connectivity index (χ0n) is 23.2. The molecule has 1 heterocycles. The molecule has 1 saturated heterocycles. The SMILES string of the molecule is CN(C)c1cc(CN2CC3C(N)C3C2)c(O)c2c1C[C@H]1C[C@@H]3C(C(=O)C(C(N)=O)=C(O)[C@H]3N(C)C)C(O)=C1C2=O. The number of piperidine rings is 1. The molecule has 1 saturated carbocycles. The molecule has 1 aromatic rings. The maximum atomic E-state index is 14.1. The molecule has 0 spiro atoms. The largest absolute Gasteiger partial charge is 0.511 e. The fraction of sp³-hybridized carbons (Fsp3) is 0.552. The molecule has 0 bridgehead atoms. The molecule has 0 aromatic heterocycles. The van der Waals surface area contributed by atoms with Crippen molar-refractivity contribution in [1.29, 1.82) is 0 Å². The van der Waals surface area contributed by atoms with Gasteiger partial charge in [-0.05, 0) is 62.2 Å². The quantitative estimate of drug-likeness (QED) is 0.324. The van der Waals surface area contributed by atoms with E-state index in [1.807, 2.05) is 25.1 Å². The van der Waals surface area contributed by atoms with Gasteiger partial charge in [-0.3, -0.25) is 24.2 Å². The number of fused-ring (bicyclic) bond motifs is 4. The van der Waals surface area contributed by atoms with Crippen molar-refractivity contribution >= 4 is 23.2 Å². The summed E-state index contributed by atoms with van der Waals surface area (Å²) in [6, 6.07) is 1.44. The van der Waals surface area contributed by atoms with Crippen molar-refractivity contribution < 1.29 is 29.7 Å². The summed E-state index contributed by atoms with van der Waals surface area (Å²) in [6.07, 6.45) is 0.696. The number of carbonyl (C=O) groups is 3. The summed E-state index contributed by atoms with van der Waals surface area (Å²) < 4.78 is 0. The minimum Gasteiger partial charge on any atom is -0.511 e. The molecule has 6 atom stereocenters. The first kappa shape index (κ1) is 26.8. The molecule has 5 aliphatic rings. The lowest BCUT2D eigenvalue weighted by atomic mass is 9.60. The Balaban J connectivity index is 1.44. The number of hydrogen-bond acceptors (Lipinski definition) is 10. The summed E-state index contributed by atoms with van der Waals surface area (Å²) in [5.74, 6) is -4.52. The number of amides is 1. The van der Waals surface area contributed by atoms with E-state index < -0.39 is 58.4 Å². The molecule has 11 nitrogen and oxygen atoms in total. The van der Waals surface area contributed by atoms with E-state index in [0.717, 1.165) is 18.8 Å². The van der Waals surface area contributed by atoms with Crippen LogP contribution in [0.25, 0.3) is 0 Å². The minimum atomic E-state index is -1.19. The number of likely N-dealkylation sites (N-methyl/N-ethyl adjacent to an activating group) is 1. The van der Waals surface area contributed by atoms with E-state index >= 15 is 0 Å². The van der Waals surface area contributed by atoms with Crippen LogP contribution in [0.5, 0.6) is 5.75 Å². The van der Waals surface area contributed by atoms with Gasteiger partial charge in [0, 0.05) is 56.6 Å². The summed E-state index contributed by atoms with van der Waals surface area (Å²) in [4.78, 5) is 45.5. The number of hydrogen-bond donors (Lipinski definition) is 5. The van der Waals surface area contributed by atoms with Crippen LogP contribution in [0.15, 0.2) is 28.7 Å². The monoisotopic (exact) mass is 551 g/mol. The van der Waals surface area contributed by atoms with E-state index in [0.29, 0.717) is 42.3 Å². The van der Waals surface area contributed by atoms with Crippen molar-refractivity contribution in [3.63, 3.8) is 0 Å². The van der Waals surface area contributed by atoms with Crippen LogP contribution in [-0.4, -0.2) is 96.0 Å². The van der Waals surface area contributed by atoms with Crippen LogP contribution in [0.1, 0.15) is 27.9 Å². The second-order valence-corrected chi connectivity index (χ2v) is 12.6. The third kappa shape index (κ3) is 3.71. The Labute approximate surface area is 232 Å². The van der Waals surface area contributed by atoms with Gasteiger partial charge in [0.1, 0.15) is 22.8 Å². The zero-order valence-corrected chi connectivity index (χ0v) is 23.2. The molecule has 7 N–H and O–H groups in total. The number of benzene rings is 1. The number of nitrogens with two attached hydrogens (primary N) is 2.